The number of rotatable bonds is 4. The summed E-state index contributed by atoms with van der Waals surface area (Å²) < 4.78 is 6.28. The molecule has 5 nitrogen and oxygen atoms in total. The van der Waals surface area contributed by atoms with Crippen molar-refractivity contribution in [2.45, 2.75) is 57.8 Å². The molecular formula is C25H30N2O3. The molecule has 2 amide bonds. The van der Waals surface area contributed by atoms with E-state index < -0.39 is 11.8 Å². The summed E-state index contributed by atoms with van der Waals surface area (Å²) >= 11 is 0. The number of ether oxygens (including phenoxy) is 1. The number of carbonyl (C=O) groups is 2. The van der Waals surface area contributed by atoms with Crippen LogP contribution in [0, 0.1) is 12.8 Å². The Morgan fingerprint density at radius 3 is 2.60 bits per heavy atom. The predicted octanol–water partition coefficient (Wildman–Crippen LogP) is 4.06. The topological polar surface area (TPSA) is 58.6 Å². The van der Waals surface area contributed by atoms with Gasteiger partial charge in [-0.25, -0.2) is 0 Å². The van der Waals surface area contributed by atoms with Crippen molar-refractivity contribution in [2.24, 2.45) is 5.92 Å². The first-order valence-corrected chi connectivity index (χ1v) is 10.8. The Labute approximate surface area is 178 Å². The molecule has 2 aliphatic rings. The van der Waals surface area contributed by atoms with E-state index in [9.17, 15) is 9.59 Å². The van der Waals surface area contributed by atoms with Crippen LogP contribution in [0.1, 0.15) is 54.1 Å². The lowest BCUT2D eigenvalue weighted by molar-refractivity contribution is -0.128. The highest BCUT2D eigenvalue weighted by molar-refractivity contribution is 5.99. The van der Waals surface area contributed by atoms with Crippen molar-refractivity contribution in [1.82, 2.24) is 10.2 Å². The smallest absolute Gasteiger partial charge is 0.257 e. The van der Waals surface area contributed by atoms with E-state index in [1.807, 2.05) is 61.5 Å². The van der Waals surface area contributed by atoms with E-state index in [0.29, 0.717) is 18.0 Å². The Morgan fingerprint density at radius 1 is 1.13 bits per heavy atom. The lowest BCUT2D eigenvalue weighted by Gasteiger charge is -2.43. The first kappa shape index (κ1) is 20.6. The van der Waals surface area contributed by atoms with Gasteiger partial charge in [0.05, 0.1) is 6.61 Å². The molecule has 0 aromatic heterocycles. The van der Waals surface area contributed by atoms with Crippen LogP contribution in [0.3, 0.4) is 0 Å². The second-order valence-electron chi connectivity index (χ2n) is 8.67. The maximum atomic E-state index is 13.7. The number of hydrogen-bond acceptors (Lipinski definition) is 3. The van der Waals surface area contributed by atoms with E-state index in [1.54, 1.807) is 4.90 Å². The van der Waals surface area contributed by atoms with Crippen LogP contribution >= 0.6 is 0 Å². The van der Waals surface area contributed by atoms with Gasteiger partial charge in [-0.3, -0.25) is 14.5 Å². The molecule has 1 aliphatic carbocycles. The molecule has 2 aromatic carbocycles. The van der Waals surface area contributed by atoms with Gasteiger partial charge < -0.3 is 10.1 Å². The number of hydrogen-bond donors (Lipinski definition) is 1. The molecule has 3 atom stereocenters. The van der Waals surface area contributed by atoms with Crippen molar-refractivity contribution >= 4 is 11.8 Å². The third-order valence-electron chi connectivity index (χ3n) is 6.40. The minimum Gasteiger partial charge on any atom is -0.353 e. The Morgan fingerprint density at radius 2 is 1.87 bits per heavy atom. The molecule has 1 aliphatic heterocycles. The summed E-state index contributed by atoms with van der Waals surface area (Å²) in [5.74, 6) is 0.188. The van der Waals surface area contributed by atoms with Crippen LogP contribution in [0.15, 0.2) is 54.6 Å². The number of nitrogens with zero attached hydrogens (tertiary/aromatic N) is 1. The molecular weight excluding hydrogens is 376 g/mol. The fourth-order valence-corrected chi connectivity index (χ4v) is 4.85. The first-order valence-electron chi connectivity index (χ1n) is 10.8. The number of nitrogens with one attached hydrogen (secondary N) is 1. The summed E-state index contributed by atoms with van der Waals surface area (Å²) in [6.07, 6.45) is 3.67. The molecule has 5 heteroatoms. The largest absolute Gasteiger partial charge is 0.353 e. The number of carbonyl (C=O) groups excluding carboxylic acids is 2. The third-order valence-corrected chi connectivity index (χ3v) is 6.40. The summed E-state index contributed by atoms with van der Waals surface area (Å²) in [5, 5.41) is 3.01. The van der Waals surface area contributed by atoms with Crippen LogP contribution in [-0.4, -0.2) is 35.1 Å². The van der Waals surface area contributed by atoms with Gasteiger partial charge in [0.1, 0.15) is 11.8 Å². The van der Waals surface area contributed by atoms with Crippen LogP contribution in [-0.2, 0) is 16.1 Å². The number of benzene rings is 2. The molecule has 1 saturated heterocycles. The molecule has 0 unspecified atom stereocenters. The van der Waals surface area contributed by atoms with E-state index in [-0.39, 0.29) is 18.4 Å². The van der Waals surface area contributed by atoms with Crippen molar-refractivity contribution in [1.29, 1.82) is 0 Å². The van der Waals surface area contributed by atoms with Gasteiger partial charge in [-0.15, -0.1) is 0 Å². The van der Waals surface area contributed by atoms with Crippen LogP contribution in [0.4, 0.5) is 0 Å². The summed E-state index contributed by atoms with van der Waals surface area (Å²) in [7, 11) is 0. The van der Waals surface area contributed by atoms with Gasteiger partial charge in [0.25, 0.3) is 5.91 Å². The minimum atomic E-state index is -0.689. The van der Waals surface area contributed by atoms with E-state index >= 15 is 0 Å². The Bertz CT molecular complexity index is 914. The fourth-order valence-electron chi connectivity index (χ4n) is 4.85. The van der Waals surface area contributed by atoms with Gasteiger partial charge in [-0.1, -0.05) is 61.9 Å². The molecule has 0 bridgehead atoms. The Kier molecular flexibility index (Phi) is 5.91. The van der Waals surface area contributed by atoms with Crippen LogP contribution in [0.25, 0.3) is 0 Å². The maximum absolute atomic E-state index is 13.7. The average molecular weight is 407 g/mol. The SMILES string of the molecule is Cc1ccccc1C(=O)N1[C@@H](C(=O)NCc2ccccc2)CO[C@]12CCC[C@H](C)C2. The van der Waals surface area contributed by atoms with Gasteiger partial charge in [0.15, 0.2) is 0 Å². The normalized spacial score (nSPS) is 26.0. The lowest BCUT2D eigenvalue weighted by atomic mass is 9.82. The molecule has 1 heterocycles. The molecule has 4 rings (SSSR count). The second-order valence-corrected chi connectivity index (χ2v) is 8.67. The quantitative estimate of drug-likeness (QED) is 0.833. The second kappa shape index (κ2) is 8.60. The fraction of sp³-hybridized carbons (Fsp3) is 0.440. The molecule has 1 saturated carbocycles. The maximum Gasteiger partial charge on any atom is 0.257 e. The van der Waals surface area contributed by atoms with E-state index in [2.05, 4.69) is 12.2 Å². The molecule has 1 spiro atoms. The van der Waals surface area contributed by atoms with Gasteiger partial charge >= 0.3 is 0 Å². The van der Waals surface area contributed by atoms with Crippen molar-refractivity contribution in [3.63, 3.8) is 0 Å². The van der Waals surface area contributed by atoms with E-state index in [1.165, 1.54) is 0 Å². The number of aryl methyl sites for hydroxylation is 1. The molecule has 158 valence electrons. The zero-order valence-corrected chi connectivity index (χ0v) is 17.8. The summed E-state index contributed by atoms with van der Waals surface area (Å²) in [4.78, 5) is 28.6. The van der Waals surface area contributed by atoms with E-state index in [4.69, 9.17) is 4.74 Å². The average Bonchev–Trinajstić information content (AvgIpc) is 3.10. The summed E-state index contributed by atoms with van der Waals surface area (Å²) in [6.45, 7) is 4.81. The Hall–Kier alpha value is -2.66. The summed E-state index contributed by atoms with van der Waals surface area (Å²) in [5.41, 5.74) is 1.90. The highest BCUT2D eigenvalue weighted by atomic mass is 16.5. The monoisotopic (exact) mass is 406 g/mol. The molecule has 1 N–H and O–H groups in total. The van der Waals surface area contributed by atoms with Gasteiger partial charge in [-0.2, -0.15) is 0 Å². The molecule has 2 aromatic rings. The van der Waals surface area contributed by atoms with Crippen LogP contribution in [0.2, 0.25) is 0 Å². The van der Waals surface area contributed by atoms with Crippen LogP contribution in [0.5, 0.6) is 0 Å². The highest BCUT2D eigenvalue weighted by Crippen LogP contribution is 2.43. The predicted molar refractivity (Wildman–Crippen MR) is 116 cm³/mol. The van der Waals surface area contributed by atoms with E-state index in [0.717, 1.165) is 36.8 Å². The highest BCUT2D eigenvalue weighted by Gasteiger charge is 2.54. The Balaban J connectivity index is 1.61. The standard InChI is InChI=1S/C25H30N2O3/c1-18-9-8-14-25(15-18)27(24(29)21-13-7-6-10-19(21)2)22(17-30-25)23(28)26-16-20-11-4-3-5-12-20/h3-7,10-13,18,22H,8-9,14-17H2,1-2H3,(H,26,28)/t18-,22+,25-/m0/s1. The lowest BCUT2D eigenvalue weighted by Crippen LogP contribution is -2.57. The van der Waals surface area contributed by atoms with Crippen LogP contribution < -0.4 is 5.32 Å². The van der Waals surface area contributed by atoms with Crippen molar-refractivity contribution in [3.8, 4) is 0 Å². The third kappa shape index (κ3) is 3.99. The van der Waals surface area contributed by atoms with Crippen molar-refractivity contribution in [2.75, 3.05) is 6.61 Å². The van der Waals surface area contributed by atoms with Gasteiger partial charge in [-0.05, 0) is 49.3 Å². The number of amides is 2. The van der Waals surface area contributed by atoms with Crippen molar-refractivity contribution < 1.29 is 14.3 Å². The molecule has 30 heavy (non-hydrogen) atoms. The zero-order valence-electron chi connectivity index (χ0n) is 17.8. The van der Waals surface area contributed by atoms with Gasteiger partial charge in [0, 0.05) is 12.1 Å². The van der Waals surface area contributed by atoms with Crippen molar-refractivity contribution in [3.05, 3.63) is 71.3 Å². The first-order chi connectivity index (χ1) is 14.5. The minimum absolute atomic E-state index is 0.112. The summed E-state index contributed by atoms with van der Waals surface area (Å²) in [6, 6.07) is 16.8. The van der Waals surface area contributed by atoms with Gasteiger partial charge in [0.2, 0.25) is 5.91 Å². The molecule has 0 radical (unpaired) electrons. The zero-order chi connectivity index (χ0) is 21.1. The molecule has 2 fully saturated rings.